The van der Waals surface area contributed by atoms with E-state index in [2.05, 4.69) is 47.1 Å². The number of hydrogen-bond acceptors (Lipinski definition) is 4. The minimum absolute atomic E-state index is 0.257. The fraction of sp³-hybridized carbons (Fsp3) is 0.560. The van der Waals surface area contributed by atoms with Gasteiger partial charge in [-0.2, -0.15) is 0 Å². The van der Waals surface area contributed by atoms with Gasteiger partial charge in [0.1, 0.15) is 11.6 Å². The number of amides is 1. The van der Waals surface area contributed by atoms with Crippen LogP contribution in [0.3, 0.4) is 0 Å². The normalized spacial score (nSPS) is 21.8. The van der Waals surface area contributed by atoms with E-state index in [0.717, 1.165) is 82.0 Å². The van der Waals surface area contributed by atoms with Gasteiger partial charge in [0.15, 0.2) is 0 Å². The Hall–Kier alpha value is -2.43. The minimum atomic E-state index is 0.257. The zero-order valence-corrected chi connectivity index (χ0v) is 18.0. The SMILES string of the molecule is Cc1nc([C@@H]2CCCN(C(=O)C3CCC3)C2)nc2c1CCCN2Cc1ccccc1. The van der Waals surface area contributed by atoms with Crippen LogP contribution in [0.15, 0.2) is 30.3 Å². The average molecular weight is 405 g/mol. The molecular formula is C25H32N4O. The molecule has 2 aromatic rings. The maximum atomic E-state index is 12.8. The fourth-order valence-corrected chi connectivity index (χ4v) is 5.15. The molecule has 0 radical (unpaired) electrons. The first kappa shape index (κ1) is 19.5. The molecule has 2 fully saturated rings. The van der Waals surface area contributed by atoms with E-state index in [1.165, 1.54) is 17.5 Å². The molecule has 1 aromatic carbocycles. The van der Waals surface area contributed by atoms with Crippen LogP contribution in [0.25, 0.3) is 0 Å². The standard InChI is InChI=1S/C25H32N4O/c1-18-22-13-7-14-28(16-19-8-3-2-4-9-19)24(22)27-23(26-18)21-12-6-15-29(17-21)25(30)20-10-5-11-20/h2-4,8-9,20-21H,5-7,10-17H2,1H3/t21-/m1/s1. The summed E-state index contributed by atoms with van der Waals surface area (Å²) in [6.45, 7) is 5.74. The maximum absolute atomic E-state index is 12.8. The Kier molecular flexibility index (Phi) is 5.45. The predicted molar refractivity (Wildman–Crippen MR) is 118 cm³/mol. The highest BCUT2D eigenvalue weighted by Gasteiger charge is 2.34. The van der Waals surface area contributed by atoms with E-state index < -0.39 is 0 Å². The number of hydrogen-bond donors (Lipinski definition) is 0. The molecule has 0 unspecified atom stereocenters. The van der Waals surface area contributed by atoms with Crippen LogP contribution in [0.2, 0.25) is 0 Å². The summed E-state index contributed by atoms with van der Waals surface area (Å²) in [6.07, 6.45) is 7.69. The Bertz CT molecular complexity index is 909. The summed E-state index contributed by atoms with van der Waals surface area (Å²) >= 11 is 0. The molecular weight excluding hydrogens is 372 g/mol. The van der Waals surface area contributed by atoms with Crippen molar-refractivity contribution in [1.29, 1.82) is 0 Å². The monoisotopic (exact) mass is 404 g/mol. The summed E-state index contributed by atoms with van der Waals surface area (Å²) in [4.78, 5) is 27.4. The first-order valence-electron chi connectivity index (χ1n) is 11.6. The van der Waals surface area contributed by atoms with E-state index in [1.54, 1.807) is 0 Å². The Morgan fingerprint density at radius 2 is 1.87 bits per heavy atom. The van der Waals surface area contributed by atoms with Crippen molar-refractivity contribution in [3.8, 4) is 0 Å². The lowest BCUT2D eigenvalue weighted by Gasteiger charge is -2.37. The highest BCUT2D eigenvalue weighted by atomic mass is 16.2. The Balaban J connectivity index is 1.39. The third-order valence-electron chi connectivity index (χ3n) is 7.13. The number of aryl methyl sites for hydroxylation is 1. The molecule has 5 rings (SSSR count). The van der Waals surface area contributed by atoms with Gasteiger partial charge in [-0.3, -0.25) is 4.79 Å². The van der Waals surface area contributed by atoms with Gasteiger partial charge in [0.2, 0.25) is 5.91 Å². The maximum Gasteiger partial charge on any atom is 0.225 e. The number of piperidine rings is 1. The molecule has 30 heavy (non-hydrogen) atoms. The van der Waals surface area contributed by atoms with Crippen molar-refractivity contribution in [3.05, 3.63) is 53.0 Å². The van der Waals surface area contributed by atoms with Crippen LogP contribution in [0, 0.1) is 12.8 Å². The van der Waals surface area contributed by atoms with Gasteiger partial charge in [0.05, 0.1) is 0 Å². The second kappa shape index (κ2) is 8.37. The number of nitrogens with zero attached hydrogens (tertiary/aromatic N) is 4. The molecule has 1 saturated carbocycles. The molecule has 5 nitrogen and oxygen atoms in total. The van der Waals surface area contributed by atoms with Crippen molar-refractivity contribution in [1.82, 2.24) is 14.9 Å². The van der Waals surface area contributed by atoms with Crippen molar-refractivity contribution in [3.63, 3.8) is 0 Å². The summed E-state index contributed by atoms with van der Waals surface area (Å²) in [5, 5.41) is 0. The molecule has 158 valence electrons. The molecule has 1 saturated heterocycles. The van der Waals surface area contributed by atoms with Gasteiger partial charge < -0.3 is 9.80 Å². The molecule has 0 bridgehead atoms. The lowest BCUT2D eigenvalue weighted by Crippen LogP contribution is -2.44. The smallest absolute Gasteiger partial charge is 0.225 e. The van der Waals surface area contributed by atoms with Crippen molar-refractivity contribution in [2.24, 2.45) is 5.92 Å². The number of benzene rings is 1. The second-order valence-electron chi connectivity index (χ2n) is 9.23. The summed E-state index contributed by atoms with van der Waals surface area (Å²) in [6, 6.07) is 10.7. The number of likely N-dealkylation sites (tertiary alicyclic amines) is 1. The second-order valence-corrected chi connectivity index (χ2v) is 9.23. The average Bonchev–Trinajstić information content (AvgIpc) is 2.74. The number of rotatable bonds is 4. The largest absolute Gasteiger partial charge is 0.352 e. The van der Waals surface area contributed by atoms with Crippen LogP contribution in [-0.2, 0) is 17.8 Å². The van der Waals surface area contributed by atoms with E-state index in [0.29, 0.717) is 5.91 Å². The summed E-state index contributed by atoms with van der Waals surface area (Å²) in [5.41, 5.74) is 3.74. The topological polar surface area (TPSA) is 49.3 Å². The summed E-state index contributed by atoms with van der Waals surface area (Å²) < 4.78 is 0. The van der Waals surface area contributed by atoms with Gasteiger partial charge in [0.25, 0.3) is 0 Å². The quantitative estimate of drug-likeness (QED) is 0.765. The molecule has 3 aliphatic rings. The first-order chi connectivity index (χ1) is 14.7. The first-order valence-corrected chi connectivity index (χ1v) is 11.6. The van der Waals surface area contributed by atoms with Crippen LogP contribution >= 0.6 is 0 Å². The van der Waals surface area contributed by atoms with Crippen LogP contribution < -0.4 is 4.90 Å². The molecule has 0 N–H and O–H groups in total. The molecule has 1 aliphatic carbocycles. The van der Waals surface area contributed by atoms with E-state index in [1.807, 2.05) is 0 Å². The van der Waals surface area contributed by atoms with Crippen molar-refractivity contribution < 1.29 is 4.79 Å². The van der Waals surface area contributed by atoms with Crippen LogP contribution in [-0.4, -0.2) is 40.4 Å². The predicted octanol–water partition coefficient (Wildman–Crippen LogP) is 4.24. The number of fused-ring (bicyclic) bond motifs is 1. The van der Waals surface area contributed by atoms with Gasteiger partial charge in [-0.1, -0.05) is 36.8 Å². The van der Waals surface area contributed by atoms with E-state index in [9.17, 15) is 4.79 Å². The van der Waals surface area contributed by atoms with Gasteiger partial charge in [0, 0.05) is 49.3 Å². The van der Waals surface area contributed by atoms with E-state index in [-0.39, 0.29) is 11.8 Å². The fourth-order valence-electron chi connectivity index (χ4n) is 5.15. The molecule has 3 heterocycles. The van der Waals surface area contributed by atoms with Crippen LogP contribution in [0.4, 0.5) is 5.82 Å². The number of anilines is 1. The van der Waals surface area contributed by atoms with Crippen LogP contribution in [0.1, 0.15) is 67.1 Å². The van der Waals surface area contributed by atoms with Gasteiger partial charge in [-0.05, 0) is 51.0 Å². The van der Waals surface area contributed by atoms with E-state index in [4.69, 9.17) is 9.97 Å². The van der Waals surface area contributed by atoms with Gasteiger partial charge in [-0.15, -0.1) is 0 Å². The van der Waals surface area contributed by atoms with Gasteiger partial charge >= 0.3 is 0 Å². The third-order valence-corrected chi connectivity index (χ3v) is 7.13. The lowest BCUT2D eigenvalue weighted by atomic mass is 9.83. The summed E-state index contributed by atoms with van der Waals surface area (Å²) in [7, 11) is 0. The highest BCUT2D eigenvalue weighted by Crippen LogP contribution is 2.34. The molecule has 1 aromatic heterocycles. The molecule has 1 atom stereocenters. The number of carbonyl (C=O) groups is 1. The molecule has 0 spiro atoms. The zero-order chi connectivity index (χ0) is 20.5. The van der Waals surface area contributed by atoms with Crippen molar-refractivity contribution in [2.45, 2.75) is 64.3 Å². The number of aromatic nitrogens is 2. The molecule has 5 heteroatoms. The lowest BCUT2D eigenvalue weighted by molar-refractivity contribution is -0.139. The van der Waals surface area contributed by atoms with Crippen molar-refractivity contribution >= 4 is 11.7 Å². The molecule has 1 amide bonds. The van der Waals surface area contributed by atoms with E-state index >= 15 is 0 Å². The molecule has 2 aliphatic heterocycles. The van der Waals surface area contributed by atoms with Crippen LogP contribution in [0.5, 0.6) is 0 Å². The number of carbonyl (C=O) groups excluding carboxylic acids is 1. The van der Waals surface area contributed by atoms with Gasteiger partial charge in [-0.25, -0.2) is 9.97 Å². The third kappa shape index (κ3) is 3.82. The Morgan fingerprint density at radius 3 is 2.63 bits per heavy atom. The zero-order valence-electron chi connectivity index (χ0n) is 18.0. The Labute approximate surface area is 179 Å². The summed E-state index contributed by atoms with van der Waals surface area (Å²) in [5.74, 6) is 2.96. The Morgan fingerprint density at radius 1 is 1.03 bits per heavy atom. The van der Waals surface area contributed by atoms with Crippen molar-refractivity contribution in [2.75, 3.05) is 24.5 Å². The minimum Gasteiger partial charge on any atom is -0.352 e. The highest BCUT2D eigenvalue weighted by molar-refractivity contribution is 5.79.